The molecule has 0 bridgehead atoms. The zero-order valence-corrected chi connectivity index (χ0v) is 19.1. The van der Waals surface area contributed by atoms with Gasteiger partial charge in [0, 0.05) is 50.6 Å². The van der Waals surface area contributed by atoms with Crippen molar-refractivity contribution in [1.82, 2.24) is 9.80 Å². The smallest absolute Gasteiger partial charge is 0.238 e. The van der Waals surface area contributed by atoms with E-state index in [4.69, 9.17) is 0 Å². The van der Waals surface area contributed by atoms with E-state index < -0.39 is 0 Å². The fraction of sp³-hybridized carbons (Fsp3) is 0.462. The summed E-state index contributed by atoms with van der Waals surface area (Å²) in [6.45, 7) is 7.42. The van der Waals surface area contributed by atoms with Crippen molar-refractivity contribution in [3.63, 3.8) is 0 Å². The Morgan fingerprint density at radius 1 is 0.812 bits per heavy atom. The third-order valence-corrected chi connectivity index (χ3v) is 6.44. The first-order valence-electron chi connectivity index (χ1n) is 11.8. The number of aryl methyl sites for hydroxylation is 1. The lowest BCUT2D eigenvalue weighted by atomic mass is 10.1. The molecule has 6 heteroatoms. The van der Waals surface area contributed by atoms with Crippen LogP contribution >= 0.6 is 0 Å². The van der Waals surface area contributed by atoms with Gasteiger partial charge in [0.05, 0.1) is 13.0 Å². The van der Waals surface area contributed by atoms with Crippen molar-refractivity contribution in [3.05, 3.63) is 59.7 Å². The molecule has 2 amide bonds. The zero-order chi connectivity index (χ0) is 22.3. The highest BCUT2D eigenvalue weighted by molar-refractivity contribution is 5.92. The van der Waals surface area contributed by atoms with Crippen molar-refractivity contribution in [1.29, 1.82) is 0 Å². The summed E-state index contributed by atoms with van der Waals surface area (Å²) in [5.74, 6) is 0.155. The maximum Gasteiger partial charge on any atom is 0.238 e. The fourth-order valence-corrected chi connectivity index (χ4v) is 4.46. The summed E-state index contributed by atoms with van der Waals surface area (Å²) in [4.78, 5) is 31.5. The first-order valence-corrected chi connectivity index (χ1v) is 11.8. The van der Waals surface area contributed by atoms with E-state index in [2.05, 4.69) is 27.2 Å². The van der Waals surface area contributed by atoms with Crippen LogP contribution in [0.25, 0.3) is 0 Å². The molecule has 170 valence electrons. The molecule has 6 nitrogen and oxygen atoms in total. The van der Waals surface area contributed by atoms with Gasteiger partial charge in [0.2, 0.25) is 11.8 Å². The van der Waals surface area contributed by atoms with Gasteiger partial charge in [0.15, 0.2) is 0 Å². The van der Waals surface area contributed by atoms with Gasteiger partial charge in [-0.25, -0.2) is 0 Å². The molecule has 0 spiro atoms. The summed E-state index contributed by atoms with van der Waals surface area (Å²) in [7, 11) is 0. The van der Waals surface area contributed by atoms with Crippen LogP contribution in [0.5, 0.6) is 0 Å². The number of nitrogens with zero attached hydrogens (tertiary/aromatic N) is 3. The molecule has 2 fully saturated rings. The third-order valence-electron chi connectivity index (χ3n) is 6.44. The number of nitrogens with one attached hydrogen (secondary N) is 1. The molecule has 4 rings (SSSR count). The lowest BCUT2D eigenvalue weighted by molar-refractivity contribution is -0.132. The molecule has 0 saturated carbocycles. The molecule has 2 heterocycles. The highest BCUT2D eigenvalue weighted by Crippen LogP contribution is 2.21. The fourth-order valence-electron chi connectivity index (χ4n) is 4.46. The number of benzene rings is 2. The topological polar surface area (TPSA) is 55.9 Å². The van der Waals surface area contributed by atoms with Crippen LogP contribution in [0.15, 0.2) is 48.5 Å². The Hall–Kier alpha value is -2.86. The minimum atomic E-state index is -0.00449. The number of carbonyl (C=O) groups is 2. The van der Waals surface area contributed by atoms with Crippen molar-refractivity contribution in [2.75, 3.05) is 56.0 Å². The highest BCUT2D eigenvalue weighted by Gasteiger charge is 2.22. The van der Waals surface area contributed by atoms with Crippen LogP contribution in [0.2, 0.25) is 0 Å². The Morgan fingerprint density at radius 3 is 2.12 bits per heavy atom. The van der Waals surface area contributed by atoms with Crippen molar-refractivity contribution in [2.45, 2.75) is 32.6 Å². The molecule has 2 aromatic rings. The third kappa shape index (κ3) is 6.10. The van der Waals surface area contributed by atoms with Gasteiger partial charge in [-0.2, -0.15) is 0 Å². The molecule has 32 heavy (non-hydrogen) atoms. The van der Waals surface area contributed by atoms with Gasteiger partial charge in [-0.1, -0.05) is 29.8 Å². The SMILES string of the molecule is Cc1ccc(CC(=O)N2CCN(CC(=O)Nc3ccc(N4CCCCC4)cc3)CC2)cc1. The second-order valence-electron chi connectivity index (χ2n) is 8.96. The Kier molecular flexibility index (Phi) is 7.43. The summed E-state index contributed by atoms with van der Waals surface area (Å²) in [6.07, 6.45) is 4.26. The van der Waals surface area contributed by atoms with Crippen LogP contribution in [-0.4, -0.2) is 67.4 Å². The van der Waals surface area contributed by atoms with E-state index in [-0.39, 0.29) is 11.8 Å². The first kappa shape index (κ1) is 22.3. The van der Waals surface area contributed by atoms with E-state index in [9.17, 15) is 9.59 Å². The lowest BCUT2D eigenvalue weighted by Gasteiger charge is -2.34. The van der Waals surface area contributed by atoms with Crippen LogP contribution in [0.1, 0.15) is 30.4 Å². The molecule has 1 N–H and O–H groups in total. The second kappa shape index (κ2) is 10.6. The summed E-state index contributed by atoms with van der Waals surface area (Å²) >= 11 is 0. The average Bonchev–Trinajstić information content (AvgIpc) is 2.82. The Labute approximate surface area is 191 Å². The number of piperidine rings is 1. The van der Waals surface area contributed by atoms with E-state index in [1.165, 1.54) is 30.5 Å². The number of hydrogen-bond acceptors (Lipinski definition) is 4. The molecular formula is C26H34N4O2. The molecule has 2 saturated heterocycles. The number of anilines is 2. The standard InChI is InChI=1S/C26H34N4O2/c1-21-5-7-22(8-6-21)19-26(32)30-17-15-28(16-18-30)20-25(31)27-23-9-11-24(12-10-23)29-13-3-2-4-14-29/h5-12H,2-4,13-20H2,1H3,(H,27,31). The monoisotopic (exact) mass is 434 g/mol. The maximum atomic E-state index is 12.6. The number of piperazine rings is 1. The van der Waals surface area contributed by atoms with Crippen molar-refractivity contribution in [3.8, 4) is 0 Å². The van der Waals surface area contributed by atoms with Crippen molar-refractivity contribution < 1.29 is 9.59 Å². The predicted octanol–water partition coefficient (Wildman–Crippen LogP) is 3.31. The minimum Gasteiger partial charge on any atom is -0.372 e. The van der Waals surface area contributed by atoms with E-state index in [0.717, 1.165) is 37.4 Å². The van der Waals surface area contributed by atoms with E-state index >= 15 is 0 Å². The quantitative estimate of drug-likeness (QED) is 0.758. The van der Waals surface area contributed by atoms with Gasteiger partial charge in [0.25, 0.3) is 0 Å². The largest absolute Gasteiger partial charge is 0.372 e. The zero-order valence-electron chi connectivity index (χ0n) is 19.1. The molecule has 0 aromatic heterocycles. The maximum absolute atomic E-state index is 12.6. The Morgan fingerprint density at radius 2 is 1.47 bits per heavy atom. The van der Waals surface area contributed by atoms with Gasteiger partial charge in [-0.3, -0.25) is 14.5 Å². The summed E-state index contributed by atoms with van der Waals surface area (Å²) < 4.78 is 0. The number of carbonyl (C=O) groups excluding carboxylic acids is 2. The minimum absolute atomic E-state index is 0.00449. The number of amides is 2. The normalized spacial score (nSPS) is 17.3. The van der Waals surface area contributed by atoms with E-state index in [1.54, 1.807) is 0 Å². The molecule has 0 unspecified atom stereocenters. The molecule has 0 radical (unpaired) electrons. The average molecular weight is 435 g/mol. The highest BCUT2D eigenvalue weighted by atomic mass is 16.2. The van der Waals surface area contributed by atoms with E-state index in [0.29, 0.717) is 26.1 Å². The van der Waals surface area contributed by atoms with E-state index in [1.807, 2.05) is 48.2 Å². The van der Waals surface area contributed by atoms with Gasteiger partial charge in [-0.15, -0.1) is 0 Å². The first-order chi connectivity index (χ1) is 15.6. The predicted molar refractivity (Wildman–Crippen MR) is 129 cm³/mol. The lowest BCUT2D eigenvalue weighted by Crippen LogP contribution is -2.50. The molecule has 2 aliphatic heterocycles. The second-order valence-corrected chi connectivity index (χ2v) is 8.96. The summed E-state index contributed by atoms with van der Waals surface area (Å²) in [5.41, 5.74) is 4.32. The number of rotatable bonds is 6. The summed E-state index contributed by atoms with van der Waals surface area (Å²) in [5, 5.41) is 3.01. The van der Waals surface area contributed by atoms with Crippen LogP contribution in [0.4, 0.5) is 11.4 Å². The molecule has 0 atom stereocenters. The van der Waals surface area contributed by atoms with Crippen LogP contribution in [-0.2, 0) is 16.0 Å². The van der Waals surface area contributed by atoms with Gasteiger partial charge < -0.3 is 15.1 Å². The molecular weight excluding hydrogens is 400 g/mol. The summed E-state index contributed by atoms with van der Waals surface area (Å²) in [6, 6.07) is 16.3. The molecule has 0 aliphatic carbocycles. The van der Waals surface area contributed by atoms with Crippen LogP contribution < -0.4 is 10.2 Å². The molecule has 2 aromatic carbocycles. The van der Waals surface area contributed by atoms with Crippen molar-refractivity contribution >= 4 is 23.2 Å². The van der Waals surface area contributed by atoms with Gasteiger partial charge in [0.1, 0.15) is 0 Å². The Bertz CT molecular complexity index is 896. The van der Waals surface area contributed by atoms with Crippen LogP contribution in [0.3, 0.4) is 0 Å². The van der Waals surface area contributed by atoms with Gasteiger partial charge >= 0.3 is 0 Å². The van der Waals surface area contributed by atoms with Crippen LogP contribution in [0, 0.1) is 6.92 Å². The Balaban J connectivity index is 1.19. The van der Waals surface area contributed by atoms with Gasteiger partial charge in [-0.05, 0) is 56.0 Å². The van der Waals surface area contributed by atoms with Crippen molar-refractivity contribution in [2.24, 2.45) is 0 Å². The number of hydrogen-bond donors (Lipinski definition) is 1. The molecule has 2 aliphatic rings.